The molecule has 44 heavy (non-hydrogen) atoms. The van der Waals surface area contributed by atoms with Crippen molar-refractivity contribution in [3.05, 3.63) is 65.9 Å². The summed E-state index contributed by atoms with van der Waals surface area (Å²) in [5, 5.41) is 5.16. The van der Waals surface area contributed by atoms with E-state index in [0.29, 0.717) is 78.6 Å². The molecule has 6 heterocycles. The first-order valence-corrected chi connectivity index (χ1v) is 15.1. The van der Waals surface area contributed by atoms with E-state index in [1.165, 1.54) is 6.07 Å². The van der Waals surface area contributed by atoms with Crippen LogP contribution in [-0.2, 0) is 0 Å². The first-order valence-electron chi connectivity index (χ1n) is 15.1. The van der Waals surface area contributed by atoms with Gasteiger partial charge in [0.2, 0.25) is 0 Å². The molecule has 0 spiro atoms. The molecule has 2 aromatic carbocycles. The summed E-state index contributed by atoms with van der Waals surface area (Å²) in [6.45, 7) is 6.68. The summed E-state index contributed by atoms with van der Waals surface area (Å²) in [6, 6.07) is 8.81. The van der Waals surface area contributed by atoms with Crippen LogP contribution in [0, 0.1) is 24.0 Å². The minimum absolute atomic E-state index is 0.00843. The summed E-state index contributed by atoms with van der Waals surface area (Å²) in [5.74, 6) is 1.74. The number of ether oxygens (including phenoxy) is 1. The third-order valence-electron chi connectivity index (χ3n) is 9.71. The number of anilines is 1. The fourth-order valence-corrected chi connectivity index (χ4v) is 7.82. The number of alkyl halides is 1. The number of rotatable bonds is 5. The zero-order chi connectivity index (χ0) is 30.2. The highest BCUT2D eigenvalue weighted by Gasteiger charge is 2.50. The largest absolute Gasteiger partial charge is 0.461 e. The summed E-state index contributed by atoms with van der Waals surface area (Å²) >= 11 is 0. The molecule has 2 aromatic heterocycles. The second-order valence-corrected chi connectivity index (χ2v) is 12.6. The Balaban J connectivity index is 1.26. The topological polar surface area (TPSA) is 66.4 Å². The monoisotopic (exact) mass is 596 g/mol. The average Bonchev–Trinajstić information content (AvgIpc) is 3.62. The number of nitrogens with one attached hydrogen (secondary N) is 1. The van der Waals surface area contributed by atoms with E-state index >= 15 is 4.39 Å². The van der Waals surface area contributed by atoms with Crippen LogP contribution < -0.4 is 15.0 Å². The molecule has 0 radical (unpaired) electrons. The van der Waals surface area contributed by atoms with E-state index in [1.807, 2.05) is 0 Å². The minimum atomic E-state index is -0.944. The van der Waals surface area contributed by atoms with Crippen LogP contribution >= 0.6 is 0 Å². The van der Waals surface area contributed by atoms with Gasteiger partial charge >= 0.3 is 6.01 Å². The lowest BCUT2D eigenvalue weighted by Crippen LogP contribution is -2.51. The number of piperazine rings is 1. The van der Waals surface area contributed by atoms with Crippen molar-refractivity contribution in [2.24, 2.45) is 0 Å². The predicted molar refractivity (Wildman–Crippen MR) is 163 cm³/mol. The van der Waals surface area contributed by atoms with Crippen molar-refractivity contribution >= 4 is 27.5 Å². The number of hydrogen-bond donors (Lipinski definition) is 1. The van der Waals surface area contributed by atoms with Crippen molar-refractivity contribution in [3.63, 3.8) is 0 Å². The van der Waals surface area contributed by atoms with Crippen molar-refractivity contribution < 1.29 is 17.9 Å². The molecule has 0 aliphatic carbocycles. The Morgan fingerprint density at radius 3 is 2.73 bits per heavy atom. The van der Waals surface area contributed by atoms with Crippen molar-refractivity contribution in [3.8, 4) is 29.6 Å². The Morgan fingerprint density at radius 2 is 1.93 bits per heavy atom. The smallest absolute Gasteiger partial charge is 0.319 e. The minimum Gasteiger partial charge on any atom is -0.461 e. The molecule has 4 saturated heterocycles. The second-order valence-electron chi connectivity index (χ2n) is 12.6. The summed E-state index contributed by atoms with van der Waals surface area (Å²) < 4.78 is 52.3. The fraction of sp³-hybridized carbons (Fsp3) is 0.382. The van der Waals surface area contributed by atoms with Gasteiger partial charge in [-0.05, 0) is 30.7 Å². The summed E-state index contributed by atoms with van der Waals surface area (Å²) in [7, 11) is 0. The number of hydrogen-bond acceptors (Lipinski definition) is 7. The van der Waals surface area contributed by atoms with E-state index in [0.717, 1.165) is 18.4 Å². The number of terminal acetylenes is 1. The molecule has 4 atom stereocenters. The molecule has 2 bridgehead atoms. The van der Waals surface area contributed by atoms with Gasteiger partial charge in [-0.25, -0.2) is 13.2 Å². The quantitative estimate of drug-likeness (QED) is 0.252. The predicted octanol–water partition coefficient (Wildman–Crippen LogP) is 5.17. The number of nitrogens with zero attached hydrogens (tertiary/aromatic N) is 5. The third kappa shape index (κ3) is 4.32. The first kappa shape index (κ1) is 27.4. The Kier molecular flexibility index (Phi) is 6.33. The normalized spacial score (nSPS) is 26.5. The lowest BCUT2D eigenvalue weighted by molar-refractivity contribution is 0.107. The number of benzene rings is 2. The summed E-state index contributed by atoms with van der Waals surface area (Å²) in [6.07, 6.45) is 9.43. The molecule has 4 aliphatic rings. The average molecular weight is 597 g/mol. The SMILES string of the molecule is C#Cc1c(F)ccc2cccc(-c3ncc4c(N5C[C@H]6CC[C@@H](C5)N6)nc(OC[C@]56CC(=C)CN5C[C@@H](F)C6)nc4c3F)c12. The molecule has 0 saturated carbocycles. The van der Waals surface area contributed by atoms with E-state index in [-0.39, 0.29) is 29.4 Å². The van der Waals surface area contributed by atoms with Crippen molar-refractivity contribution in [1.29, 1.82) is 0 Å². The molecule has 0 amide bonds. The number of halogens is 3. The van der Waals surface area contributed by atoms with E-state index in [9.17, 15) is 8.78 Å². The van der Waals surface area contributed by atoms with Gasteiger partial charge < -0.3 is 15.0 Å². The molecule has 8 rings (SSSR count). The van der Waals surface area contributed by atoms with Gasteiger partial charge in [-0.1, -0.05) is 42.3 Å². The first-order chi connectivity index (χ1) is 21.3. The van der Waals surface area contributed by atoms with Gasteiger partial charge in [-0.2, -0.15) is 9.97 Å². The lowest BCUT2D eigenvalue weighted by Gasteiger charge is -2.34. The second kappa shape index (κ2) is 10.2. The fourth-order valence-electron chi connectivity index (χ4n) is 7.82. The molecule has 4 aromatic rings. The van der Waals surface area contributed by atoms with Gasteiger partial charge in [0, 0.05) is 61.8 Å². The van der Waals surface area contributed by atoms with Crippen LogP contribution in [0.3, 0.4) is 0 Å². The Labute approximate surface area is 253 Å². The molecule has 224 valence electrons. The number of aromatic nitrogens is 3. The molecular formula is C34H31F3N6O. The highest BCUT2D eigenvalue weighted by Crippen LogP contribution is 2.43. The zero-order valence-corrected chi connectivity index (χ0v) is 24.1. The van der Waals surface area contributed by atoms with E-state index in [4.69, 9.17) is 16.1 Å². The van der Waals surface area contributed by atoms with Crippen molar-refractivity contribution in [2.75, 3.05) is 37.7 Å². The Bertz CT molecular complexity index is 1880. The highest BCUT2D eigenvalue weighted by molar-refractivity contribution is 6.02. The van der Waals surface area contributed by atoms with Gasteiger partial charge in [0.05, 0.1) is 16.5 Å². The number of pyridine rings is 1. The van der Waals surface area contributed by atoms with Gasteiger partial charge in [0.1, 0.15) is 35.6 Å². The van der Waals surface area contributed by atoms with Crippen LogP contribution in [0.4, 0.5) is 19.0 Å². The number of fused-ring (bicyclic) bond motifs is 5. The van der Waals surface area contributed by atoms with Crippen molar-refractivity contribution in [1.82, 2.24) is 25.2 Å². The van der Waals surface area contributed by atoms with Gasteiger partial charge in [0.15, 0.2) is 5.82 Å². The maximum absolute atomic E-state index is 16.7. The maximum atomic E-state index is 16.7. The standard InChI is InChI=1S/C34H31F3N6O/c1-3-24-27(36)10-7-20-5-4-6-25(28(20)24)30-29(37)31-26(13-38-30)32(42-16-22-8-9-23(17-42)39-22)41-33(40-31)44-18-34-11-19(2)14-43(34)15-21(35)12-34/h1,4-7,10,13,21-23,39H,2,8-9,11-12,14-18H2/t21-,22-,23+,34+/m0/s1. The lowest BCUT2D eigenvalue weighted by atomic mass is 9.93. The van der Waals surface area contributed by atoms with Crippen LogP contribution in [0.25, 0.3) is 32.9 Å². The van der Waals surface area contributed by atoms with Crippen LogP contribution in [0.2, 0.25) is 0 Å². The third-order valence-corrected chi connectivity index (χ3v) is 9.71. The zero-order valence-electron chi connectivity index (χ0n) is 24.1. The molecule has 10 heteroatoms. The van der Waals surface area contributed by atoms with Crippen LogP contribution in [0.15, 0.2) is 48.7 Å². The summed E-state index contributed by atoms with van der Waals surface area (Å²) in [5.41, 5.74) is 0.995. The molecule has 1 N–H and O–H groups in total. The summed E-state index contributed by atoms with van der Waals surface area (Å²) in [4.78, 5) is 18.2. The van der Waals surface area contributed by atoms with Crippen LogP contribution in [0.5, 0.6) is 6.01 Å². The van der Waals surface area contributed by atoms with Gasteiger partial charge in [-0.15, -0.1) is 6.42 Å². The Morgan fingerprint density at radius 1 is 1.11 bits per heavy atom. The molecule has 4 aliphatic heterocycles. The van der Waals surface area contributed by atoms with E-state index < -0.39 is 23.3 Å². The molecule has 0 unspecified atom stereocenters. The maximum Gasteiger partial charge on any atom is 0.319 e. The van der Waals surface area contributed by atoms with Crippen LogP contribution in [-0.4, -0.2) is 76.4 Å². The Hall–Kier alpha value is -4.20. The molecule has 4 fully saturated rings. The molecule has 7 nitrogen and oxygen atoms in total. The van der Waals surface area contributed by atoms with E-state index in [1.54, 1.807) is 30.5 Å². The van der Waals surface area contributed by atoms with Gasteiger partial charge in [0.25, 0.3) is 0 Å². The van der Waals surface area contributed by atoms with Crippen LogP contribution in [0.1, 0.15) is 31.2 Å². The van der Waals surface area contributed by atoms with Gasteiger partial charge in [-0.3, -0.25) is 9.88 Å². The molecular weight excluding hydrogens is 565 g/mol. The van der Waals surface area contributed by atoms with Crippen molar-refractivity contribution in [2.45, 2.75) is 49.5 Å². The van der Waals surface area contributed by atoms with E-state index in [2.05, 4.69) is 37.6 Å². The highest BCUT2D eigenvalue weighted by atomic mass is 19.1.